The van der Waals surface area contributed by atoms with E-state index in [9.17, 15) is 13.2 Å². The molecule has 0 aliphatic heterocycles. The predicted molar refractivity (Wildman–Crippen MR) is 122 cm³/mol. The van der Waals surface area contributed by atoms with Crippen LogP contribution in [-0.2, 0) is 10.0 Å². The minimum Gasteiger partial charge on any atom is -0.326 e. The van der Waals surface area contributed by atoms with Gasteiger partial charge in [-0.3, -0.25) is 4.79 Å². The highest BCUT2D eigenvalue weighted by atomic mass is 32.2. The Kier molecular flexibility index (Phi) is 7.46. The molecule has 2 aromatic rings. The number of para-hydroxylation sites is 1. The fourth-order valence-corrected chi connectivity index (χ4v) is 5.41. The van der Waals surface area contributed by atoms with Gasteiger partial charge in [0.2, 0.25) is 10.0 Å². The SMILES string of the molecule is CCCN(CCC)S(=O)(=O)C1=CC=C(NC(=O)c2cnn(-c3ccccc3)c2C)CC1. The third-order valence-corrected chi connectivity index (χ3v) is 7.31. The lowest BCUT2D eigenvalue weighted by molar-refractivity contribution is 0.0964. The van der Waals surface area contributed by atoms with Gasteiger partial charge < -0.3 is 5.32 Å². The standard InChI is InChI=1S/C23H30N4O3S/c1-4-15-26(16-5-2)31(29,30)21-13-11-19(12-14-21)25-23(28)22-17-24-27(18(22)3)20-9-7-6-8-10-20/h6-11,13,17H,4-5,12,14-16H2,1-3H3,(H,25,28). The smallest absolute Gasteiger partial charge is 0.258 e. The molecule has 0 unspecified atom stereocenters. The number of hydrogen-bond donors (Lipinski definition) is 1. The highest BCUT2D eigenvalue weighted by Crippen LogP contribution is 2.25. The van der Waals surface area contributed by atoms with Crippen LogP contribution in [0.5, 0.6) is 0 Å². The molecule has 0 saturated heterocycles. The summed E-state index contributed by atoms with van der Waals surface area (Å²) in [5, 5.41) is 7.25. The monoisotopic (exact) mass is 442 g/mol. The maximum Gasteiger partial charge on any atom is 0.258 e. The Balaban J connectivity index is 1.73. The first-order valence-corrected chi connectivity index (χ1v) is 12.1. The molecule has 7 nitrogen and oxygen atoms in total. The van der Waals surface area contributed by atoms with Gasteiger partial charge in [-0.05, 0) is 56.9 Å². The Hall–Kier alpha value is -2.71. The summed E-state index contributed by atoms with van der Waals surface area (Å²) in [4.78, 5) is 13.2. The van der Waals surface area contributed by atoms with E-state index in [0.717, 1.165) is 24.2 Å². The van der Waals surface area contributed by atoms with E-state index in [1.54, 1.807) is 27.3 Å². The Labute approximate surface area is 184 Å². The third kappa shape index (κ3) is 5.14. The summed E-state index contributed by atoms with van der Waals surface area (Å²) in [6, 6.07) is 9.63. The lowest BCUT2D eigenvalue weighted by Gasteiger charge is -2.24. The first-order valence-electron chi connectivity index (χ1n) is 10.7. The molecule has 3 rings (SSSR count). The number of carbonyl (C=O) groups excluding carboxylic acids is 1. The van der Waals surface area contributed by atoms with Crippen LogP contribution in [0.25, 0.3) is 5.69 Å². The molecule has 1 N–H and O–H groups in total. The Bertz CT molecular complexity index is 1080. The maximum absolute atomic E-state index is 12.9. The number of allylic oxidation sites excluding steroid dienone is 4. The minimum atomic E-state index is -3.46. The lowest BCUT2D eigenvalue weighted by Crippen LogP contribution is -2.34. The van der Waals surface area contributed by atoms with Crippen molar-refractivity contribution in [3.8, 4) is 5.69 Å². The Morgan fingerprint density at radius 2 is 1.77 bits per heavy atom. The number of sulfonamides is 1. The molecule has 1 aromatic heterocycles. The number of benzene rings is 1. The van der Waals surface area contributed by atoms with Crippen LogP contribution in [-0.4, -0.2) is 41.5 Å². The van der Waals surface area contributed by atoms with Gasteiger partial charge >= 0.3 is 0 Å². The van der Waals surface area contributed by atoms with Gasteiger partial charge in [0.25, 0.3) is 5.91 Å². The van der Waals surface area contributed by atoms with Gasteiger partial charge in [-0.2, -0.15) is 9.40 Å². The second-order valence-electron chi connectivity index (χ2n) is 7.57. The summed E-state index contributed by atoms with van der Waals surface area (Å²) < 4.78 is 29.1. The molecule has 31 heavy (non-hydrogen) atoms. The highest BCUT2D eigenvalue weighted by Gasteiger charge is 2.27. The molecular formula is C23H30N4O3S. The van der Waals surface area contributed by atoms with Gasteiger partial charge in [0.1, 0.15) is 0 Å². The fraction of sp³-hybridized carbons (Fsp3) is 0.391. The number of nitrogens with one attached hydrogen (secondary N) is 1. The van der Waals surface area contributed by atoms with Gasteiger partial charge in [-0.1, -0.05) is 32.0 Å². The maximum atomic E-state index is 12.9. The fourth-order valence-electron chi connectivity index (χ4n) is 3.63. The third-order valence-electron chi connectivity index (χ3n) is 5.26. The normalized spacial score (nSPS) is 14.3. The zero-order chi connectivity index (χ0) is 22.4. The average Bonchev–Trinajstić information content (AvgIpc) is 3.16. The second kappa shape index (κ2) is 10.1. The zero-order valence-electron chi connectivity index (χ0n) is 18.3. The first-order chi connectivity index (χ1) is 14.9. The summed E-state index contributed by atoms with van der Waals surface area (Å²) >= 11 is 0. The van der Waals surface area contributed by atoms with E-state index in [1.165, 1.54) is 0 Å². The summed E-state index contributed by atoms with van der Waals surface area (Å²) in [7, 11) is -3.46. The first kappa shape index (κ1) is 23.0. The van der Waals surface area contributed by atoms with E-state index in [-0.39, 0.29) is 5.91 Å². The molecule has 0 radical (unpaired) electrons. The van der Waals surface area contributed by atoms with E-state index in [4.69, 9.17) is 0 Å². The zero-order valence-corrected chi connectivity index (χ0v) is 19.2. The van der Waals surface area contributed by atoms with Crippen molar-refractivity contribution in [2.24, 2.45) is 0 Å². The van der Waals surface area contributed by atoms with Crippen LogP contribution >= 0.6 is 0 Å². The number of nitrogens with zero attached hydrogens (tertiary/aromatic N) is 3. The van der Waals surface area contributed by atoms with Gasteiger partial charge in [0, 0.05) is 18.8 Å². The van der Waals surface area contributed by atoms with Gasteiger partial charge in [0.05, 0.1) is 28.0 Å². The average molecular weight is 443 g/mol. The van der Waals surface area contributed by atoms with Crippen LogP contribution in [0.3, 0.4) is 0 Å². The Morgan fingerprint density at radius 1 is 1.10 bits per heavy atom. The van der Waals surface area contributed by atoms with Crippen molar-refractivity contribution in [2.75, 3.05) is 13.1 Å². The molecule has 1 amide bonds. The molecule has 1 aromatic carbocycles. The van der Waals surface area contributed by atoms with Gasteiger partial charge in [-0.15, -0.1) is 0 Å². The van der Waals surface area contributed by atoms with Crippen molar-refractivity contribution in [2.45, 2.75) is 46.5 Å². The van der Waals surface area contributed by atoms with Gasteiger partial charge in [-0.25, -0.2) is 13.1 Å². The van der Waals surface area contributed by atoms with E-state index >= 15 is 0 Å². The molecule has 166 valence electrons. The van der Waals surface area contributed by atoms with E-state index in [2.05, 4.69) is 10.4 Å². The summed E-state index contributed by atoms with van der Waals surface area (Å²) in [5.41, 5.74) is 2.82. The molecule has 1 aliphatic carbocycles. The minimum absolute atomic E-state index is 0.246. The van der Waals surface area contributed by atoms with Crippen LogP contribution in [0.15, 0.2) is 59.3 Å². The van der Waals surface area contributed by atoms with Crippen molar-refractivity contribution < 1.29 is 13.2 Å². The van der Waals surface area contributed by atoms with Crippen molar-refractivity contribution in [3.63, 3.8) is 0 Å². The van der Waals surface area contributed by atoms with Gasteiger partial charge in [0.15, 0.2) is 0 Å². The topological polar surface area (TPSA) is 84.3 Å². The number of rotatable bonds is 9. The van der Waals surface area contributed by atoms with Crippen molar-refractivity contribution in [1.82, 2.24) is 19.4 Å². The van der Waals surface area contributed by atoms with Crippen LogP contribution in [0.1, 0.15) is 55.6 Å². The van der Waals surface area contributed by atoms with Crippen LogP contribution in [0, 0.1) is 6.92 Å². The van der Waals surface area contributed by atoms with E-state index in [1.807, 2.05) is 51.1 Å². The summed E-state index contributed by atoms with van der Waals surface area (Å²) in [6.45, 7) is 6.84. The molecule has 0 saturated carbocycles. The van der Waals surface area contributed by atoms with Crippen LogP contribution in [0.2, 0.25) is 0 Å². The summed E-state index contributed by atoms with van der Waals surface area (Å²) in [5.74, 6) is -0.246. The molecular weight excluding hydrogens is 412 g/mol. The second-order valence-corrected chi connectivity index (χ2v) is 9.57. The largest absolute Gasteiger partial charge is 0.326 e. The van der Waals surface area contributed by atoms with E-state index in [0.29, 0.717) is 42.1 Å². The predicted octanol–water partition coefficient (Wildman–Crippen LogP) is 3.92. The number of carbonyl (C=O) groups is 1. The molecule has 0 spiro atoms. The summed E-state index contributed by atoms with van der Waals surface area (Å²) in [6.07, 6.45) is 7.27. The lowest BCUT2D eigenvalue weighted by atomic mass is 10.1. The molecule has 0 fully saturated rings. The molecule has 8 heteroatoms. The molecule has 1 aliphatic rings. The number of aromatic nitrogens is 2. The van der Waals surface area contributed by atoms with E-state index < -0.39 is 10.0 Å². The highest BCUT2D eigenvalue weighted by molar-refractivity contribution is 7.93. The number of hydrogen-bond acceptors (Lipinski definition) is 4. The van der Waals surface area contributed by atoms with Crippen LogP contribution in [0.4, 0.5) is 0 Å². The molecule has 1 heterocycles. The Morgan fingerprint density at radius 3 is 2.35 bits per heavy atom. The number of amides is 1. The van der Waals surface area contributed by atoms with Crippen LogP contribution < -0.4 is 5.32 Å². The molecule has 0 bridgehead atoms. The molecule has 0 atom stereocenters. The van der Waals surface area contributed by atoms with Crippen molar-refractivity contribution in [1.29, 1.82) is 0 Å². The van der Waals surface area contributed by atoms with Crippen molar-refractivity contribution in [3.05, 3.63) is 70.5 Å². The van der Waals surface area contributed by atoms with Crippen molar-refractivity contribution >= 4 is 15.9 Å². The quantitative estimate of drug-likeness (QED) is 0.638.